The fourth-order valence-electron chi connectivity index (χ4n) is 1.35. The molecule has 0 bridgehead atoms. The molecule has 0 spiro atoms. The number of nitrogens with zero attached hydrogens (tertiary/aromatic N) is 2. The fraction of sp³-hybridized carbons (Fsp3) is 0.700. The molecule has 0 aromatic carbocycles. The smallest absolute Gasteiger partial charge is 0.150 e. The number of hydrogen-bond acceptors (Lipinski definition) is 4. The zero-order chi connectivity index (χ0) is 10.4. The molecule has 0 radical (unpaired) electrons. The van der Waals surface area contributed by atoms with Crippen molar-refractivity contribution in [3.63, 3.8) is 0 Å². The van der Waals surface area contributed by atoms with Crippen molar-refractivity contribution in [1.29, 1.82) is 0 Å². The van der Waals surface area contributed by atoms with Gasteiger partial charge >= 0.3 is 0 Å². The van der Waals surface area contributed by atoms with Crippen LogP contribution in [0.3, 0.4) is 0 Å². The van der Waals surface area contributed by atoms with Crippen LogP contribution in [0, 0.1) is 6.92 Å². The van der Waals surface area contributed by atoms with Crippen LogP contribution >= 0.6 is 0 Å². The first-order chi connectivity index (χ1) is 6.76. The highest BCUT2D eigenvalue weighted by molar-refractivity contribution is 5.02. The van der Waals surface area contributed by atoms with Crippen LogP contribution in [-0.2, 0) is 6.54 Å². The fourth-order valence-corrected chi connectivity index (χ4v) is 1.35. The number of rotatable bonds is 6. The van der Waals surface area contributed by atoms with Gasteiger partial charge < -0.3 is 9.63 Å². The van der Waals surface area contributed by atoms with E-state index in [1.54, 1.807) is 0 Å². The first-order valence-corrected chi connectivity index (χ1v) is 5.01. The van der Waals surface area contributed by atoms with Gasteiger partial charge in [0.05, 0.1) is 12.2 Å². The normalized spacial score (nSPS) is 11.1. The molecule has 14 heavy (non-hydrogen) atoms. The second kappa shape index (κ2) is 5.78. The predicted molar refractivity (Wildman–Crippen MR) is 53.9 cm³/mol. The summed E-state index contributed by atoms with van der Waals surface area (Å²) in [5, 5.41) is 12.6. The summed E-state index contributed by atoms with van der Waals surface area (Å²) in [6.07, 6.45) is 0.807. The highest BCUT2D eigenvalue weighted by Gasteiger charge is 2.06. The molecule has 4 heteroatoms. The van der Waals surface area contributed by atoms with Crippen molar-refractivity contribution < 1.29 is 9.63 Å². The molecule has 80 valence electrons. The first-order valence-electron chi connectivity index (χ1n) is 5.01. The largest absolute Gasteiger partial charge is 0.396 e. The third-order valence-corrected chi connectivity index (χ3v) is 2.14. The lowest BCUT2D eigenvalue weighted by Gasteiger charge is -2.17. The Balaban J connectivity index is 2.40. The lowest BCUT2D eigenvalue weighted by atomic mass is 10.3. The minimum Gasteiger partial charge on any atom is -0.396 e. The lowest BCUT2D eigenvalue weighted by molar-refractivity contribution is 0.208. The van der Waals surface area contributed by atoms with E-state index in [4.69, 9.17) is 9.63 Å². The van der Waals surface area contributed by atoms with Gasteiger partial charge in [0.15, 0.2) is 5.76 Å². The highest BCUT2D eigenvalue weighted by atomic mass is 16.5. The monoisotopic (exact) mass is 198 g/mol. The van der Waals surface area contributed by atoms with Gasteiger partial charge in [-0.05, 0) is 19.9 Å². The van der Waals surface area contributed by atoms with Crippen LogP contribution < -0.4 is 0 Å². The average molecular weight is 198 g/mol. The summed E-state index contributed by atoms with van der Waals surface area (Å²) in [6.45, 7) is 6.88. The molecule has 0 aliphatic carbocycles. The second-order valence-electron chi connectivity index (χ2n) is 3.38. The van der Waals surface area contributed by atoms with Crippen LogP contribution in [0.2, 0.25) is 0 Å². The average Bonchev–Trinajstić information content (AvgIpc) is 2.58. The molecule has 0 atom stereocenters. The molecule has 0 aliphatic rings. The zero-order valence-electron chi connectivity index (χ0n) is 8.86. The van der Waals surface area contributed by atoms with Crippen molar-refractivity contribution >= 4 is 0 Å². The summed E-state index contributed by atoms with van der Waals surface area (Å²) in [5.74, 6) is 0.891. The molecule has 1 aromatic heterocycles. The summed E-state index contributed by atoms with van der Waals surface area (Å²) in [7, 11) is 0. The summed E-state index contributed by atoms with van der Waals surface area (Å²) >= 11 is 0. The quantitative estimate of drug-likeness (QED) is 0.746. The van der Waals surface area contributed by atoms with Crippen molar-refractivity contribution in [3.8, 4) is 0 Å². The Kier molecular flexibility index (Phi) is 4.62. The van der Waals surface area contributed by atoms with Crippen molar-refractivity contribution in [2.75, 3.05) is 19.7 Å². The van der Waals surface area contributed by atoms with Crippen LogP contribution in [0.25, 0.3) is 0 Å². The van der Waals surface area contributed by atoms with Gasteiger partial charge in [0.2, 0.25) is 0 Å². The molecule has 1 heterocycles. The van der Waals surface area contributed by atoms with E-state index < -0.39 is 0 Å². The molecule has 0 saturated carbocycles. The molecule has 4 nitrogen and oxygen atoms in total. The van der Waals surface area contributed by atoms with Gasteiger partial charge in [-0.15, -0.1) is 0 Å². The van der Waals surface area contributed by atoms with Crippen molar-refractivity contribution in [1.82, 2.24) is 10.1 Å². The van der Waals surface area contributed by atoms with Gasteiger partial charge in [-0.25, -0.2) is 0 Å². The molecular weight excluding hydrogens is 180 g/mol. The third kappa shape index (κ3) is 3.47. The molecule has 0 aliphatic heterocycles. The summed E-state index contributed by atoms with van der Waals surface area (Å²) in [6, 6.07) is 1.95. The van der Waals surface area contributed by atoms with E-state index in [0.29, 0.717) is 0 Å². The Labute approximate surface area is 84.5 Å². The van der Waals surface area contributed by atoms with Crippen LogP contribution in [-0.4, -0.2) is 34.9 Å². The Bertz CT molecular complexity index is 260. The molecule has 1 rings (SSSR count). The Morgan fingerprint density at radius 2 is 2.36 bits per heavy atom. The van der Waals surface area contributed by atoms with Gasteiger partial charge in [-0.2, -0.15) is 0 Å². The number of aromatic nitrogens is 1. The van der Waals surface area contributed by atoms with Gasteiger partial charge in [-0.1, -0.05) is 12.1 Å². The zero-order valence-corrected chi connectivity index (χ0v) is 8.86. The Morgan fingerprint density at radius 3 is 2.86 bits per heavy atom. The van der Waals surface area contributed by atoms with Crippen molar-refractivity contribution in [3.05, 3.63) is 17.5 Å². The number of aliphatic hydroxyl groups is 1. The van der Waals surface area contributed by atoms with Crippen molar-refractivity contribution in [2.45, 2.75) is 26.8 Å². The number of aliphatic hydroxyl groups excluding tert-OH is 1. The SMILES string of the molecule is CCN(CCCO)Cc1cc(C)no1. The molecule has 0 fully saturated rings. The maximum Gasteiger partial charge on any atom is 0.150 e. The van der Waals surface area contributed by atoms with Crippen molar-refractivity contribution in [2.24, 2.45) is 0 Å². The molecule has 1 N–H and O–H groups in total. The summed E-state index contributed by atoms with van der Waals surface area (Å²) in [4.78, 5) is 2.22. The van der Waals surface area contributed by atoms with Crippen LogP contribution in [0.5, 0.6) is 0 Å². The summed E-state index contributed by atoms with van der Waals surface area (Å²) < 4.78 is 5.12. The topological polar surface area (TPSA) is 49.5 Å². The molecular formula is C10H18N2O2. The lowest BCUT2D eigenvalue weighted by Crippen LogP contribution is -2.24. The maximum absolute atomic E-state index is 8.72. The van der Waals surface area contributed by atoms with E-state index in [1.807, 2.05) is 13.0 Å². The first kappa shape index (κ1) is 11.2. The van der Waals surface area contributed by atoms with E-state index in [2.05, 4.69) is 17.0 Å². The summed E-state index contributed by atoms with van der Waals surface area (Å²) in [5.41, 5.74) is 0.915. The minimum absolute atomic E-state index is 0.242. The van der Waals surface area contributed by atoms with E-state index in [9.17, 15) is 0 Å². The number of hydrogen-bond donors (Lipinski definition) is 1. The molecule has 1 aromatic rings. The van der Waals surface area contributed by atoms with Gasteiger partial charge in [0.1, 0.15) is 0 Å². The van der Waals surface area contributed by atoms with Crippen LogP contribution in [0.15, 0.2) is 10.6 Å². The Morgan fingerprint density at radius 1 is 1.57 bits per heavy atom. The van der Waals surface area contributed by atoms with Crippen LogP contribution in [0.1, 0.15) is 24.8 Å². The van der Waals surface area contributed by atoms with Gasteiger partial charge in [0.25, 0.3) is 0 Å². The Hall–Kier alpha value is -0.870. The maximum atomic E-state index is 8.72. The van der Waals surface area contributed by atoms with E-state index in [1.165, 1.54) is 0 Å². The second-order valence-corrected chi connectivity index (χ2v) is 3.38. The molecule has 0 saturated heterocycles. The third-order valence-electron chi connectivity index (χ3n) is 2.14. The van der Waals surface area contributed by atoms with Gasteiger partial charge in [0, 0.05) is 19.2 Å². The molecule has 0 unspecified atom stereocenters. The van der Waals surface area contributed by atoms with Gasteiger partial charge in [-0.3, -0.25) is 4.90 Å². The van der Waals surface area contributed by atoms with Crippen LogP contribution in [0.4, 0.5) is 0 Å². The highest BCUT2D eigenvalue weighted by Crippen LogP contribution is 2.06. The molecule has 0 amide bonds. The van der Waals surface area contributed by atoms with E-state index in [-0.39, 0.29) is 6.61 Å². The number of aryl methyl sites for hydroxylation is 1. The standard InChI is InChI=1S/C10H18N2O2/c1-3-12(5-4-6-13)8-10-7-9(2)11-14-10/h7,13H,3-6,8H2,1-2H3. The van der Waals surface area contributed by atoms with E-state index in [0.717, 1.165) is 37.5 Å². The minimum atomic E-state index is 0.242. The van der Waals surface area contributed by atoms with E-state index >= 15 is 0 Å². The predicted octanol–water partition coefficient (Wildman–Crippen LogP) is 1.19.